The average Bonchev–Trinajstić information content (AvgIpc) is 2.66. The summed E-state index contributed by atoms with van der Waals surface area (Å²) >= 11 is 0. The van der Waals surface area contributed by atoms with Crippen molar-refractivity contribution in [3.05, 3.63) is 83.1 Å². The van der Waals surface area contributed by atoms with Crippen molar-refractivity contribution in [1.29, 1.82) is 0 Å². The molecule has 0 aromatic heterocycles. The van der Waals surface area contributed by atoms with E-state index in [-0.39, 0.29) is 11.8 Å². The predicted octanol–water partition coefficient (Wildman–Crippen LogP) is 4.35. The van der Waals surface area contributed by atoms with Gasteiger partial charge in [-0.3, -0.25) is 14.6 Å². The molecule has 3 rings (SSSR count). The van der Waals surface area contributed by atoms with E-state index < -0.39 is 0 Å². The van der Waals surface area contributed by atoms with Crippen molar-refractivity contribution >= 4 is 12.1 Å². The molecule has 0 fully saturated rings. The fourth-order valence-corrected chi connectivity index (χ4v) is 3.16. The minimum atomic E-state index is -0.260. The first-order valence-corrected chi connectivity index (χ1v) is 8.84. The number of allylic oxidation sites excluding steroid dienone is 2. The molecular weight excluding hydrogens is 324 g/mol. The molecule has 1 aliphatic rings. The first-order chi connectivity index (χ1) is 12.6. The summed E-state index contributed by atoms with van der Waals surface area (Å²) in [5, 5.41) is 0. The van der Waals surface area contributed by atoms with E-state index in [9.17, 15) is 4.79 Å². The van der Waals surface area contributed by atoms with Crippen LogP contribution >= 0.6 is 0 Å². The van der Waals surface area contributed by atoms with E-state index in [2.05, 4.69) is 37.5 Å². The first kappa shape index (κ1) is 18.1. The molecule has 134 valence electrons. The molecule has 2 aromatic rings. The lowest BCUT2D eigenvalue weighted by Gasteiger charge is -2.25. The van der Waals surface area contributed by atoms with Crippen LogP contribution in [0.4, 0.5) is 0 Å². The number of hydrogen-bond donors (Lipinski definition) is 1. The molecule has 0 radical (unpaired) electrons. The third-order valence-corrected chi connectivity index (χ3v) is 4.83. The van der Waals surface area contributed by atoms with Crippen LogP contribution in [0.2, 0.25) is 0 Å². The highest BCUT2D eigenvalue weighted by Crippen LogP contribution is 2.36. The zero-order valence-electron chi connectivity index (χ0n) is 15.3. The van der Waals surface area contributed by atoms with Gasteiger partial charge in [0.2, 0.25) is 0 Å². The maximum atomic E-state index is 12.1. The second kappa shape index (κ2) is 8.11. The van der Waals surface area contributed by atoms with E-state index in [4.69, 9.17) is 9.83 Å². The van der Waals surface area contributed by atoms with E-state index in [0.29, 0.717) is 17.4 Å². The fraction of sp³-hybridized carbons (Fsp3) is 0.273. The van der Waals surface area contributed by atoms with Crippen LogP contribution in [0.25, 0.3) is 0 Å². The van der Waals surface area contributed by atoms with E-state index in [0.717, 1.165) is 16.8 Å². The van der Waals surface area contributed by atoms with Crippen molar-refractivity contribution in [2.75, 3.05) is 7.11 Å². The Hall–Kier alpha value is -2.72. The average molecular weight is 348 g/mol. The molecule has 0 saturated heterocycles. The summed E-state index contributed by atoms with van der Waals surface area (Å²) in [7, 11) is 1.43. The van der Waals surface area contributed by atoms with Gasteiger partial charge in [0.05, 0.1) is 13.0 Å². The number of benzene rings is 2. The highest BCUT2D eigenvalue weighted by atomic mass is 16.6. The molecule has 0 saturated carbocycles. The Morgan fingerprint density at radius 3 is 2.46 bits per heavy atom. The van der Waals surface area contributed by atoms with Gasteiger partial charge in [0.1, 0.15) is 0 Å². The maximum absolute atomic E-state index is 12.1. The Bertz CT molecular complexity index is 827. The zero-order valence-corrected chi connectivity index (χ0v) is 15.3. The summed E-state index contributed by atoms with van der Waals surface area (Å²) in [5.41, 5.74) is 6.15. The quantitative estimate of drug-likeness (QED) is 0.817. The van der Waals surface area contributed by atoms with Crippen molar-refractivity contribution in [2.45, 2.75) is 19.8 Å². The highest BCUT2D eigenvalue weighted by molar-refractivity contribution is 5.93. The number of amides is 1. The Labute approximate surface area is 154 Å². The summed E-state index contributed by atoms with van der Waals surface area (Å²) in [6.45, 7) is 4.38. The summed E-state index contributed by atoms with van der Waals surface area (Å²) in [6, 6.07) is 17.9. The number of carbonyl (C=O) groups excluding carboxylic acids is 1. The Balaban J connectivity index is 2.05. The van der Waals surface area contributed by atoms with E-state index in [1.165, 1.54) is 7.11 Å². The molecule has 26 heavy (non-hydrogen) atoms. The van der Waals surface area contributed by atoms with Crippen molar-refractivity contribution in [3.63, 3.8) is 0 Å². The minimum absolute atomic E-state index is 0.0160. The first-order valence-electron chi connectivity index (χ1n) is 8.84. The number of nitrogens with zero attached hydrogens (tertiary/aromatic N) is 1. The van der Waals surface area contributed by atoms with E-state index in [1.807, 2.05) is 42.6 Å². The van der Waals surface area contributed by atoms with Gasteiger partial charge < -0.3 is 0 Å². The van der Waals surface area contributed by atoms with Gasteiger partial charge in [-0.25, -0.2) is 5.48 Å². The van der Waals surface area contributed by atoms with Crippen molar-refractivity contribution in [3.8, 4) is 0 Å². The van der Waals surface area contributed by atoms with Crippen LogP contribution in [0, 0.1) is 11.8 Å². The van der Waals surface area contributed by atoms with Gasteiger partial charge in [-0.2, -0.15) is 0 Å². The largest absolute Gasteiger partial charge is 0.277 e. The Morgan fingerprint density at radius 1 is 1.04 bits per heavy atom. The van der Waals surface area contributed by atoms with Crippen LogP contribution < -0.4 is 5.48 Å². The molecule has 0 aliphatic carbocycles. The lowest BCUT2D eigenvalue weighted by molar-refractivity contribution is 0.0537. The summed E-state index contributed by atoms with van der Waals surface area (Å²) in [6.07, 6.45) is 4.27. The Morgan fingerprint density at radius 2 is 1.77 bits per heavy atom. The fourth-order valence-electron chi connectivity index (χ4n) is 3.16. The molecule has 1 aliphatic heterocycles. The van der Waals surface area contributed by atoms with Crippen LogP contribution in [0.15, 0.2) is 71.4 Å². The van der Waals surface area contributed by atoms with Crippen LogP contribution in [0.5, 0.6) is 0 Å². The number of carbonyl (C=O) groups is 1. The molecule has 2 aromatic carbocycles. The minimum Gasteiger partial charge on any atom is -0.277 e. The normalized spacial score (nSPS) is 20.3. The molecule has 0 spiro atoms. The second-order valence-corrected chi connectivity index (χ2v) is 6.69. The second-order valence-electron chi connectivity index (χ2n) is 6.69. The number of hydrogen-bond acceptors (Lipinski definition) is 3. The number of rotatable bonds is 5. The van der Waals surface area contributed by atoms with Crippen molar-refractivity contribution < 1.29 is 9.63 Å². The number of aliphatic imine (C=N–C) groups is 1. The van der Waals surface area contributed by atoms with Crippen LogP contribution in [-0.2, 0) is 4.84 Å². The van der Waals surface area contributed by atoms with Gasteiger partial charge in [-0.15, -0.1) is 0 Å². The SMILES string of the molecule is CONC(=O)c1cccc(C(C2=CC(C)C(C)C=N2)c2ccccc2)c1. The molecule has 1 N–H and O–H groups in total. The van der Waals surface area contributed by atoms with Gasteiger partial charge in [0.25, 0.3) is 5.91 Å². The lowest BCUT2D eigenvalue weighted by atomic mass is 9.83. The maximum Gasteiger partial charge on any atom is 0.274 e. The third kappa shape index (κ3) is 3.92. The molecule has 0 bridgehead atoms. The summed E-state index contributed by atoms with van der Waals surface area (Å²) < 4.78 is 0. The lowest BCUT2D eigenvalue weighted by Crippen LogP contribution is -2.22. The van der Waals surface area contributed by atoms with Gasteiger partial charge in [0, 0.05) is 17.5 Å². The predicted molar refractivity (Wildman–Crippen MR) is 104 cm³/mol. The Kier molecular flexibility index (Phi) is 5.64. The van der Waals surface area contributed by atoms with Gasteiger partial charge in [0.15, 0.2) is 0 Å². The van der Waals surface area contributed by atoms with Crippen LogP contribution in [-0.4, -0.2) is 19.2 Å². The standard InChI is InChI=1S/C22H24N2O2/c1-15-12-20(23-14-16(15)2)21(17-8-5-4-6-9-17)18-10-7-11-19(13-18)22(25)24-26-3/h4-16,21H,1-3H3,(H,24,25). The molecule has 4 heteroatoms. The smallest absolute Gasteiger partial charge is 0.274 e. The molecule has 1 heterocycles. The molecular formula is C22H24N2O2. The van der Waals surface area contributed by atoms with E-state index >= 15 is 0 Å². The van der Waals surface area contributed by atoms with Crippen LogP contribution in [0.1, 0.15) is 41.3 Å². The van der Waals surface area contributed by atoms with E-state index in [1.54, 1.807) is 6.07 Å². The number of nitrogens with one attached hydrogen (secondary N) is 1. The molecule has 3 unspecified atom stereocenters. The molecule has 4 nitrogen and oxygen atoms in total. The zero-order chi connectivity index (χ0) is 18.5. The van der Waals surface area contributed by atoms with Crippen molar-refractivity contribution in [1.82, 2.24) is 5.48 Å². The monoisotopic (exact) mass is 348 g/mol. The van der Waals surface area contributed by atoms with Gasteiger partial charge in [-0.05, 0) is 35.1 Å². The topological polar surface area (TPSA) is 50.7 Å². The van der Waals surface area contributed by atoms with Crippen LogP contribution in [0.3, 0.4) is 0 Å². The van der Waals surface area contributed by atoms with Gasteiger partial charge in [-0.1, -0.05) is 62.4 Å². The number of hydroxylamine groups is 1. The van der Waals surface area contributed by atoms with Gasteiger partial charge >= 0.3 is 0 Å². The third-order valence-electron chi connectivity index (χ3n) is 4.83. The molecule has 1 amide bonds. The molecule has 3 atom stereocenters. The summed E-state index contributed by atoms with van der Waals surface area (Å²) in [5.74, 6) is 0.574. The summed E-state index contributed by atoms with van der Waals surface area (Å²) in [4.78, 5) is 21.6. The highest BCUT2D eigenvalue weighted by Gasteiger charge is 2.24. The van der Waals surface area contributed by atoms with Crippen molar-refractivity contribution in [2.24, 2.45) is 16.8 Å².